The van der Waals surface area contributed by atoms with Gasteiger partial charge in [-0.1, -0.05) is 35.9 Å². The summed E-state index contributed by atoms with van der Waals surface area (Å²) in [7, 11) is 1.78. The molecule has 0 aliphatic rings. The maximum atomic E-state index is 12.4. The van der Waals surface area contributed by atoms with Crippen LogP contribution in [0, 0.1) is 6.92 Å². The minimum atomic E-state index is -0.335. The summed E-state index contributed by atoms with van der Waals surface area (Å²) in [4.78, 5) is 20.8. The van der Waals surface area contributed by atoms with Crippen molar-refractivity contribution in [3.63, 3.8) is 0 Å². The van der Waals surface area contributed by atoms with Gasteiger partial charge in [0, 0.05) is 13.2 Å². The number of aromatic nitrogens is 4. The molecule has 7 heteroatoms. The van der Waals surface area contributed by atoms with Crippen molar-refractivity contribution in [2.24, 2.45) is 7.05 Å². The van der Waals surface area contributed by atoms with Gasteiger partial charge in [0.15, 0.2) is 5.82 Å². The molecular formula is C18H20N6O. The third-order valence-electron chi connectivity index (χ3n) is 3.69. The number of nitrogens with one attached hydrogen (secondary N) is 2. The van der Waals surface area contributed by atoms with Gasteiger partial charge in [0.05, 0.1) is 18.3 Å². The maximum Gasteiger partial charge on any atom is 0.315 e. The largest absolute Gasteiger partial charge is 0.331 e. The van der Waals surface area contributed by atoms with Crippen LogP contribution in [-0.4, -0.2) is 25.8 Å². The molecule has 25 heavy (non-hydrogen) atoms. The number of pyridine rings is 1. The Morgan fingerprint density at radius 2 is 2.08 bits per heavy atom. The highest BCUT2D eigenvalue weighted by Gasteiger charge is 2.18. The fourth-order valence-electron chi connectivity index (χ4n) is 2.53. The maximum absolute atomic E-state index is 12.4. The highest BCUT2D eigenvalue weighted by atomic mass is 16.2. The molecule has 3 rings (SSSR count). The molecule has 0 spiro atoms. The summed E-state index contributed by atoms with van der Waals surface area (Å²) < 4.78 is 1.60. The number of nitrogens with zero attached hydrogens (tertiary/aromatic N) is 4. The molecule has 0 fully saturated rings. The molecule has 0 aliphatic carbocycles. The molecule has 1 aromatic carbocycles. The van der Waals surface area contributed by atoms with Crippen LogP contribution in [0.3, 0.4) is 0 Å². The molecule has 2 heterocycles. The predicted molar refractivity (Wildman–Crippen MR) is 93.6 cm³/mol. The Morgan fingerprint density at radius 3 is 2.76 bits per heavy atom. The van der Waals surface area contributed by atoms with Crippen molar-refractivity contribution in [1.82, 2.24) is 30.4 Å². The average Bonchev–Trinajstić information content (AvgIpc) is 3.04. The number of urea groups is 1. The molecule has 0 saturated heterocycles. The topological polar surface area (TPSA) is 84.7 Å². The predicted octanol–water partition coefficient (Wildman–Crippen LogP) is 2.11. The zero-order valence-electron chi connectivity index (χ0n) is 14.2. The van der Waals surface area contributed by atoms with E-state index in [0.717, 1.165) is 16.8 Å². The Hall–Kier alpha value is -3.22. The van der Waals surface area contributed by atoms with Gasteiger partial charge >= 0.3 is 6.03 Å². The van der Waals surface area contributed by atoms with E-state index < -0.39 is 0 Å². The van der Waals surface area contributed by atoms with Crippen molar-refractivity contribution in [2.45, 2.75) is 19.5 Å². The van der Waals surface area contributed by atoms with Crippen LogP contribution in [0.25, 0.3) is 0 Å². The molecule has 3 aromatic rings. The number of rotatable bonds is 5. The SMILES string of the molecule is Cc1cccc(C(NC(=O)NCc2ncn(C)n2)c2ccccn2)c1. The number of hydrogen-bond donors (Lipinski definition) is 2. The number of amides is 2. The first-order valence-corrected chi connectivity index (χ1v) is 7.98. The molecule has 1 atom stereocenters. The van der Waals surface area contributed by atoms with E-state index in [1.165, 1.54) is 0 Å². The van der Waals surface area contributed by atoms with Crippen molar-refractivity contribution in [1.29, 1.82) is 0 Å². The molecular weight excluding hydrogens is 316 g/mol. The second-order valence-electron chi connectivity index (χ2n) is 5.76. The Kier molecular flexibility index (Phi) is 5.03. The fourth-order valence-corrected chi connectivity index (χ4v) is 2.53. The molecule has 2 aromatic heterocycles. The summed E-state index contributed by atoms with van der Waals surface area (Å²) in [5.41, 5.74) is 2.88. The first kappa shape index (κ1) is 16.6. The van der Waals surface area contributed by atoms with Gasteiger partial charge in [-0.2, -0.15) is 5.10 Å². The minimum absolute atomic E-state index is 0.259. The number of hydrogen-bond acceptors (Lipinski definition) is 4. The van der Waals surface area contributed by atoms with Crippen LogP contribution in [0.15, 0.2) is 55.0 Å². The number of carbonyl (C=O) groups excluding carboxylic acids is 1. The van der Waals surface area contributed by atoms with Gasteiger partial charge in [-0.3, -0.25) is 9.67 Å². The van der Waals surface area contributed by atoms with Crippen LogP contribution in [0.4, 0.5) is 4.79 Å². The molecule has 128 valence electrons. The van der Waals surface area contributed by atoms with Crippen molar-refractivity contribution in [3.05, 3.63) is 77.6 Å². The zero-order chi connectivity index (χ0) is 17.6. The highest BCUT2D eigenvalue weighted by molar-refractivity contribution is 5.74. The second-order valence-corrected chi connectivity index (χ2v) is 5.76. The van der Waals surface area contributed by atoms with E-state index in [-0.39, 0.29) is 18.6 Å². The minimum Gasteiger partial charge on any atom is -0.331 e. The first-order chi connectivity index (χ1) is 12.1. The van der Waals surface area contributed by atoms with Gasteiger partial charge in [0.25, 0.3) is 0 Å². The molecule has 0 saturated carbocycles. The van der Waals surface area contributed by atoms with Gasteiger partial charge in [-0.05, 0) is 24.6 Å². The summed E-state index contributed by atoms with van der Waals surface area (Å²) in [6, 6.07) is 13.0. The first-order valence-electron chi connectivity index (χ1n) is 7.98. The van der Waals surface area contributed by atoms with Crippen LogP contribution < -0.4 is 10.6 Å². The van der Waals surface area contributed by atoms with E-state index >= 15 is 0 Å². The lowest BCUT2D eigenvalue weighted by Crippen LogP contribution is -2.38. The summed E-state index contributed by atoms with van der Waals surface area (Å²) in [6.45, 7) is 2.28. The van der Waals surface area contributed by atoms with E-state index in [9.17, 15) is 4.79 Å². The van der Waals surface area contributed by atoms with E-state index in [1.807, 2.05) is 49.4 Å². The molecule has 2 N–H and O–H groups in total. The highest BCUT2D eigenvalue weighted by Crippen LogP contribution is 2.21. The molecule has 0 aliphatic heterocycles. The summed E-state index contributed by atoms with van der Waals surface area (Å²) >= 11 is 0. The van der Waals surface area contributed by atoms with E-state index in [0.29, 0.717) is 5.82 Å². The smallest absolute Gasteiger partial charge is 0.315 e. The summed E-state index contributed by atoms with van der Waals surface area (Å²) in [5.74, 6) is 0.558. The van der Waals surface area contributed by atoms with Crippen LogP contribution in [-0.2, 0) is 13.6 Å². The van der Waals surface area contributed by atoms with Gasteiger partial charge in [0.1, 0.15) is 6.33 Å². The average molecular weight is 336 g/mol. The normalized spacial score (nSPS) is 11.8. The summed E-state index contributed by atoms with van der Waals surface area (Å²) in [6.07, 6.45) is 3.31. The third-order valence-corrected chi connectivity index (χ3v) is 3.69. The second kappa shape index (κ2) is 7.57. The van der Waals surface area contributed by atoms with Crippen molar-refractivity contribution < 1.29 is 4.79 Å². The lowest BCUT2D eigenvalue weighted by atomic mass is 10.0. The number of carbonyl (C=O) groups is 1. The Bertz CT molecular complexity index is 846. The Balaban J connectivity index is 1.74. The molecule has 2 amide bonds. The van der Waals surface area contributed by atoms with Crippen molar-refractivity contribution >= 4 is 6.03 Å². The Morgan fingerprint density at radius 1 is 1.20 bits per heavy atom. The van der Waals surface area contributed by atoms with Crippen molar-refractivity contribution in [3.8, 4) is 0 Å². The molecule has 1 unspecified atom stereocenters. The monoisotopic (exact) mass is 336 g/mol. The molecule has 7 nitrogen and oxygen atoms in total. The number of aryl methyl sites for hydroxylation is 2. The van der Waals surface area contributed by atoms with E-state index in [1.54, 1.807) is 24.3 Å². The van der Waals surface area contributed by atoms with Gasteiger partial charge in [-0.25, -0.2) is 9.78 Å². The van der Waals surface area contributed by atoms with Gasteiger partial charge < -0.3 is 10.6 Å². The van der Waals surface area contributed by atoms with Crippen LogP contribution in [0.5, 0.6) is 0 Å². The van der Waals surface area contributed by atoms with Crippen LogP contribution >= 0.6 is 0 Å². The van der Waals surface area contributed by atoms with Gasteiger partial charge in [0.2, 0.25) is 0 Å². The quantitative estimate of drug-likeness (QED) is 0.747. The zero-order valence-corrected chi connectivity index (χ0v) is 14.2. The van der Waals surface area contributed by atoms with Crippen LogP contribution in [0.2, 0.25) is 0 Å². The lowest BCUT2D eigenvalue weighted by molar-refractivity contribution is 0.238. The number of benzene rings is 1. The van der Waals surface area contributed by atoms with Gasteiger partial charge in [-0.15, -0.1) is 0 Å². The third kappa shape index (κ3) is 4.41. The lowest BCUT2D eigenvalue weighted by Gasteiger charge is -2.19. The molecule has 0 bridgehead atoms. The van der Waals surface area contributed by atoms with Crippen molar-refractivity contribution in [2.75, 3.05) is 0 Å². The van der Waals surface area contributed by atoms with E-state index in [4.69, 9.17) is 0 Å². The standard InChI is InChI=1S/C18H20N6O/c1-13-6-5-7-14(10-13)17(15-8-3-4-9-19-15)22-18(25)20-11-16-21-12-24(2)23-16/h3-10,12,17H,11H2,1-2H3,(H2,20,22,25). The molecule has 0 radical (unpaired) electrons. The van der Waals surface area contributed by atoms with Crippen LogP contribution in [0.1, 0.15) is 28.7 Å². The van der Waals surface area contributed by atoms with E-state index in [2.05, 4.69) is 25.7 Å². The summed E-state index contributed by atoms with van der Waals surface area (Å²) in [5, 5.41) is 9.90. The Labute approximate surface area is 146 Å². The fraction of sp³-hybridized carbons (Fsp3) is 0.222.